The predicted molar refractivity (Wildman–Crippen MR) is 154 cm³/mol. The highest BCUT2D eigenvalue weighted by Gasteiger charge is 2.33. The van der Waals surface area contributed by atoms with E-state index in [9.17, 15) is 18.0 Å². The van der Waals surface area contributed by atoms with Crippen molar-refractivity contribution < 1.29 is 18.0 Å². The molecule has 2 amide bonds. The molecule has 202 valence electrons. The van der Waals surface area contributed by atoms with Gasteiger partial charge in [-0.25, -0.2) is 8.42 Å². The number of carbonyl (C=O) groups is 2. The van der Waals surface area contributed by atoms with E-state index in [0.29, 0.717) is 10.2 Å². The fourth-order valence-electron chi connectivity index (χ4n) is 3.94. The molecule has 0 aromatic heterocycles. The van der Waals surface area contributed by atoms with Gasteiger partial charge in [-0.3, -0.25) is 13.9 Å². The lowest BCUT2D eigenvalue weighted by atomic mass is 10.1. The van der Waals surface area contributed by atoms with Crippen molar-refractivity contribution in [3.63, 3.8) is 0 Å². The van der Waals surface area contributed by atoms with E-state index in [2.05, 4.69) is 21.2 Å². The molecule has 3 aromatic rings. The number of hydrogen-bond acceptors (Lipinski definition) is 4. The molecule has 0 saturated heterocycles. The molecule has 0 bridgehead atoms. The van der Waals surface area contributed by atoms with Crippen LogP contribution in [0.5, 0.6) is 0 Å². The Morgan fingerprint density at radius 2 is 1.61 bits per heavy atom. The van der Waals surface area contributed by atoms with E-state index in [1.165, 1.54) is 17.0 Å². The number of halogens is 1. The molecule has 0 aliphatic heterocycles. The second-order valence-electron chi connectivity index (χ2n) is 10.2. The SMILES string of the molecule is Cc1cccc(CN(C(=O)CN(c2cccc(Br)c2)S(=O)(=O)c2ccccc2)[C@@H](C)C(=O)NC(C)(C)C)c1. The summed E-state index contributed by atoms with van der Waals surface area (Å²) in [5.74, 6) is -0.819. The molecule has 3 rings (SSSR count). The molecule has 0 fully saturated rings. The van der Waals surface area contributed by atoms with Gasteiger partial charge in [0.1, 0.15) is 12.6 Å². The van der Waals surface area contributed by atoms with Crippen LogP contribution in [0.25, 0.3) is 0 Å². The van der Waals surface area contributed by atoms with Gasteiger partial charge in [-0.2, -0.15) is 0 Å². The highest BCUT2D eigenvalue weighted by Crippen LogP contribution is 2.27. The van der Waals surface area contributed by atoms with E-state index in [4.69, 9.17) is 0 Å². The summed E-state index contributed by atoms with van der Waals surface area (Å²) in [6.07, 6.45) is 0. The van der Waals surface area contributed by atoms with Gasteiger partial charge in [-0.05, 0) is 70.5 Å². The quantitative estimate of drug-likeness (QED) is 0.362. The summed E-state index contributed by atoms with van der Waals surface area (Å²) < 4.78 is 29.3. The van der Waals surface area contributed by atoms with Gasteiger partial charge in [0.2, 0.25) is 11.8 Å². The average molecular weight is 601 g/mol. The lowest BCUT2D eigenvalue weighted by molar-refractivity contribution is -0.140. The Morgan fingerprint density at radius 3 is 2.21 bits per heavy atom. The number of aryl methyl sites for hydroxylation is 1. The minimum absolute atomic E-state index is 0.0662. The Labute approximate surface area is 234 Å². The topological polar surface area (TPSA) is 86.8 Å². The Hall–Kier alpha value is -3.17. The molecule has 0 radical (unpaired) electrons. The smallest absolute Gasteiger partial charge is 0.264 e. The van der Waals surface area contributed by atoms with Crippen LogP contribution in [0.3, 0.4) is 0 Å². The molecule has 0 spiro atoms. The van der Waals surface area contributed by atoms with Gasteiger partial charge in [0.05, 0.1) is 10.6 Å². The van der Waals surface area contributed by atoms with Crippen LogP contribution in [-0.2, 0) is 26.2 Å². The zero-order valence-electron chi connectivity index (χ0n) is 22.3. The van der Waals surface area contributed by atoms with Crippen molar-refractivity contribution in [1.29, 1.82) is 0 Å². The van der Waals surface area contributed by atoms with Crippen molar-refractivity contribution >= 4 is 43.5 Å². The van der Waals surface area contributed by atoms with Crippen LogP contribution in [0.4, 0.5) is 5.69 Å². The molecule has 0 saturated carbocycles. The van der Waals surface area contributed by atoms with Gasteiger partial charge in [0, 0.05) is 16.6 Å². The highest BCUT2D eigenvalue weighted by molar-refractivity contribution is 9.10. The van der Waals surface area contributed by atoms with Crippen molar-refractivity contribution in [3.05, 3.63) is 94.5 Å². The molecule has 0 aliphatic rings. The second-order valence-corrected chi connectivity index (χ2v) is 13.0. The van der Waals surface area contributed by atoms with Crippen LogP contribution in [0.15, 0.2) is 88.2 Å². The van der Waals surface area contributed by atoms with Gasteiger partial charge in [-0.15, -0.1) is 0 Å². The van der Waals surface area contributed by atoms with Crippen molar-refractivity contribution in [2.45, 2.75) is 57.6 Å². The van der Waals surface area contributed by atoms with E-state index in [-0.39, 0.29) is 17.3 Å². The number of benzene rings is 3. The molecule has 0 unspecified atom stereocenters. The Balaban J connectivity index is 2.03. The minimum Gasteiger partial charge on any atom is -0.350 e. The van der Waals surface area contributed by atoms with Crippen LogP contribution in [0.1, 0.15) is 38.8 Å². The third-order valence-corrected chi connectivity index (χ3v) is 8.09. The number of nitrogens with zero attached hydrogens (tertiary/aromatic N) is 2. The number of sulfonamides is 1. The fourth-order valence-corrected chi connectivity index (χ4v) is 5.76. The Kier molecular flexibility index (Phi) is 9.38. The molecule has 1 atom stereocenters. The van der Waals surface area contributed by atoms with Crippen LogP contribution in [-0.4, -0.2) is 43.3 Å². The average Bonchev–Trinajstić information content (AvgIpc) is 2.84. The summed E-state index contributed by atoms with van der Waals surface area (Å²) >= 11 is 3.40. The van der Waals surface area contributed by atoms with Gasteiger partial charge < -0.3 is 10.2 Å². The summed E-state index contributed by atoms with van der Waals surface area (Å²) in [7, 11) is -4.09. The normalized spacial score (nSPS) is 12.5. The summed E-state index contributed by atoms with van der Waals surface area (Å²) in [5, 5.41) is 2.93. The minimum atomic E-state index is -4.09. The molecule has 7 nitrogen and oxygen atoms in total. The first-order valence-corrected chi connectivity index (χ1v) is 14.5. The van der Waals surface area contributed by atoms with Crippen molar-refractivity contribution in [1.82, 2.24) is 10.2 Å². The van der Waals surface area contributed by atoms with Crippen LogP contribution < -0.4 is 9.62 Å². The zero-order valence-corrected chi connectivity index (χ0v) is 24.7. The zero-order chi connectivity index (χ0) is 28.1. The number of hydrogen-bond donors (Lipinski definition) is 1. The summed E-state index contributed by atoms with van der Waals surface area (Å²) in [5.41, 5.74) is 1.69. The third-order valence-electron chi connectivity index (χ3n) is 5.81. The number of anilines is 1. The molecule has 0 aliphatic carbocycles. The van der Waals surface area contributed by atoms with Crippen LogP contribution in [0, 0.1) is 6.92 Å². The van der Waals surface area contributed by atoms with E-state index >= 15 is 0 Å². The van der Waals surface area contributed by atoms with Gasteiger partial charge in [-0.1, -0.05) is 70.0 Å². The largest absolute Gasteiger partial charge is 0.350 e. The fraction of sp³-hybridized carbons (Fsp3) is 0.310. The monoisotopic (exact) mass is 599 g/mol. The maximum atomic E-state index is 13.9. The van der Waals surface area contributed by atoms with Crippen molar-refractivity contribution in [3.8, 4) is 0 Å². The second kappa shape index (κ2) is 12.1. The molecular formula is C29H34BrN3O4S. The van der Waals surface area contributed by atoms with Crippen molar-refractivity contribution in [2.24, 2.45) is 0 Å². The number of rotatable bonds is 9. The lowest BCUT2D eigenvalue weighted by Gasteiger charge is -2.33. The first-order valence-electron chi connectivity index (χ1n) is 12.3. The van der Waals surface area contributed by atoms with Gasteiger partial charge in [0.15, 0.2) is 0 Å². The van der Waals surface area contributed by atoms with Crippen molar-refractivity contribution in [2.75, 3.05) is 10.8 Å². The van der Waals surface area contributed by atoms with E-state index in [1.807, 2.05) is 52.0 Å². The summed E-state index contributed by atoms with van der Waals surface area (Å²) in [6.45, 7) is 8.88. The molecule has 0 heterocycles. The summed E-state index contributed by atoms with van der Waals surface area (Å²) in [4.78, 5) is 28.6. The Bertz CT molecular complexity index is 1390. The predicted octanol–water partition coefficient (Wildman–Crippen LogP) is 5.28. The third kappa shape index (κ3) is 7.68. The van der Waals surface area contributed by atoms with Gasteiger partial charge >= 0.3 is 0 Å². The van der Waals surface area contributed by atoms with E-state index < -0.39 is 34.1 Å². The maximum absolute atomic E-state index is 13.9. The first kappa shape index (κ1) is 29.4. The van der Waals surface area contributed by atoms with E-state index in [0.717, 1.165) is 15.4 Å². The molecule has 3 aromatic carbocycles. The highest BCUT2D eigenvalue weighted by atomic mass is 79.9. The first-order chi connectivity index (χ1) is 17.8. The molecule has 38 heavy (non-hydrogen) atoms. The molecular weight excluding hydrogens is 566 g/mol. The maximum Gasteiger partial charge on any atom is 0.264 e. The molecule has 1 N–H and O–H groups in total. The molecule has 9 heteroatoms. The van der Waals surface area contributed by atoms with Crippen LogP contribution >= 0.6 is 15.9 Å². The van der Waals surface area contributed by atoms with Gasteiger partial charge in [0.25, 0.3) is 10.0 Å². The Morgan fingerprint density at radius 1 is 0.947 bits per heavy atom. The standard InChI is InChI=1S/C29H34BrN3O4S/c1-21-11-9-12-23(17-21)19-32(22(2)28(35)31-29(3,4)5)27(34)20-33(25-14-10-13-24(30)18-25)38(36,37)26-15-7-6-8-16-26/h6-18,22H,19-20H2,1-5H3,(H,31,35)/t22-/m0/s1. The van der Waals surface area contributed by atoms with Crippen LogP contribution in [0.2, 0.25) is 0 Å². The summed E-state index contributed by atoms with van der Waals surface area (Å²) in [6, 6.07) is 21.6. The number of amides is 2. The number of carbonyl (C=O) groups excluding carboxylic acids is 2. The van der Waals surface area contributed by atoms with E-state index in [1.54, 1.807) is 49.4 Å². The lowest BCUT2D eigenvalue weighted by Crippen LogP contribution is -2.54. The number of nitrogens with one attached hydrogen (secondary N) is 1.